The van der Waals surface area contributed by atoms with Crippen LogP contribution >= 0.6 is 10.9 Å². The van der Waals surface area contributed by atoms with Crippen LogP contribution in [-0.2, 0) is 23.8 Å². The quantitative estimate of drug-likeness (QED) is 0.285. The highest BCUT2D eigenvalue weighted by Crippen LogP contribution is 2.17. The van der Waals surface area contributed by atoms with E-state index >= 15 is 0 Å². The Hall–Kier alpha value is -0.830. The van der Waals surface area contributed by atoms with E-state index in [9.17, 15) is 9.59 Å². The molecule has 8 heteroatoms. The summed E-state index contributed by atoms with van der Waals surface area (Å²) in [7, 11) is -0.195. The molecule has 156 valence electrons. The third-order valence-corrected chi connectivity index (χ3v) is 3.95. The molecule has 0 radical (unpaired) electrons. The molecule has 0 aromatic carbocycles. The van der Waals surface area contributed by atoms with Crippen molar-refractivity contribution in [2.75, 3.05) is 71.0 Å². The minimum absolute atomic E-state index is 0.00124. The van der Waals surface area contributed by atoms with Gasteiger partial charge in [-0.15, -0.1) is 0 Å². The van der Waals surface area contributed by atoms with Crippen LogP contribution in [0.4, 0.5) is 0 Å². The Labute approximate surface area is 161 Å². The number of carbonyl (C=O) groups is 2. The lowest BCUT2D eigenvalue weighted by molar-refractivity contribution is -0.123. The van der Waals surface area contributed by atoms with Gasteiger partial charge in [-0.3, -0.25) is 20.5 Å². The average Bonchev–Trinajstić information content (AvgIpc) is 2.49. The van der Waals surface area contributed by atoms with Gasteiger partial charge in [-0.25, -0.2) is 0 Å². The number of ether oxygens (including phenoxy) is 3. The molecule has 0 rings (SSSR count). The first-order valence-corrected chi connectivity index (χ1v) is 11.5. The lowest BCUT2D eigenvalue weighted by Crippen LogP contribution is -2.30. The molecule has 0 bridgehead atoms. The van der Waals surface area contributed by atoms with Crippen molar-refractivity contribution < 1.29 is 23.8 Å². The molecule has 0 aliphatic heterocycles. The van der Waals surface area contributed by atoms with Crippen molar-refractivity contribution in [3.63, 3.8) is 0 Å². The number of nitrogens with one attached hydrogen (secondary N) is 2. The number of rotatable bonds is 15. The summed E-state index contributed by atoms with van der Waals surface area (Å²) in [5, 5.41) is 5.66. The molecule has 0 aliphatic carbocycles. The second kappa shape index (κ2) is 15.2. The van der Waals surface area contributed by atoms with E-state index in [-0.39, 0.29) is 28.1 Å². The maximum Gasteiger partial charge on any atom is 0.228 e. The molecule has 2 amide bonds. The molecular formula is C18H38N2O5S. The highest BCUT2D eigenvalue weighted by atomic mass is 32.2. The standard InChI is InChI=1S/C18H38N2O5S/c1-18(2,3)14-16(21)19-6-8-23-10-12-25-13-11-24-9-7-20-17(22)15-26(4)5/h26H,6-15H2,1-5H3,(H,19,21)(H,20,22). The number of thiol groups is 1. The predicted octanol–water partition coefficient (Wildman–Crippen LogP) is 0.966. The van der Waals surface area contributed by atoms with E-state index in [1.807, 2.05) is 20.8 Å². The first kappa shape index (κ1) is 25.2. The minimum atomic E-state index is -0.195. The summed E-state index contributed by atoms with van der Waals surface area (Å²) < 4.78 is 16.2. The summed E-state index contributed by atoms with van der Waals surface area (Å²) in [4.78, 5) is 23.0. The van der Waals surface area contributed by atoms with Crippen molar-refractivity contribution in [1.82, 2.24) is 10.6 Å². The SMILES string of the molecule is C[SH](C)CC(=O)NCCOCCOCCOCCNC(=O)CC(C)(C)C. The van der Waals surface area contributed by atoms with Crippen LogP contribution in [0, 0.1) is 5.41 Å². The Kier molecular flexibility index (Phi) is 14.8. The molecular weight excluding hydrogens is 356 g/mol. The minimum Gasteiger partial charge on any atom is -0.377 e. The van der Waals surface area contributed by atoms with Gasteiger partial charge in [0.05, 0.1) is 45.4 Å². The van der Waals surface area contributed by atoms with Crippen molar-refractivity contribution in [3.05, 3.63) is 0 Å². The zero-order valence-electron chi connectivity index (χ0n) is 17.1. The molecule has 26 heavy (non-hydrogen) atoms. The molecule has 0 fully saturated rings. The third-order valence-electron chi connectivity index (χ3n) is 3.03. The largest absolute Gasteiger partial charge is 0.377 e. The summed E-state index contributed by atoms with van der Waals surface area (Å²) in [5.41, 5.74) is 0.00124. The van der Waals surface area contributed by atoms with E-state index in [0.717, 1.165) is 0 Å². The summed E-state index contributed by atoms with van der Waals surface area (Å²) >= 11 is 0. The Morgan fingerprint density at radius 2 is 1.19 bits per heavy atom. The number of hydrogen-bond donors (Lipinski definition) is 3. The number of amides is 2. The second-order valence-corrected chi connectivity index (χ2v) is 9.99. The van der Waals surface area contributed by atoms with Gasteiger partial charge in [-0.05, 0) is 17.9 Å². The van der Waals surface area contributed by atoms with Crippen LogP contribution in [0.1, 0.15) is 27.2 Å². The first-order chi connectivity index (χ1) is 12.2. The van der Waals surface area contributed by atoms with Gasteiger partial charge < -0.3 is 24.8 Å². The molecule has 0 atom stereocenters. The van der Waals surface area contributed by atoms with E-state index in [2.05, 4.69) is 23.1 Å². The Bertz CT molecular complexity index is 386. The van der Waals surface area contributed by atoms with Crippen LogP contribution in [0.15, 0.2) is 0 Å². The highest BCUT2D eigenvalue weighted by Gasteiger charge is 2.15. The second-order valence-electron chi connectivity index (χ2n) is 7.51. The van der Waals surface area contributed by atoms with E-state index in [1.165, 1.54) is 0 Å². The van der Waals surface area contributed by atoms with Gasteiger partial charge in [0.25, 0.3) is 0 Å². The highest BCUT2D eigenvalue weighted by molar-refractivity contribution is 8.16. The zero-order chi connectivity index (χ0) is 19.8. The molecule has 7 nitrogen and oxygen atoms in total. The van der Waals surface area contributed by atoms with Crippen LogP contribution in [0.2, 0.25) is 0 Å². The molecule has 0 aliphatic rings. The fraction of sp³-hybridized carbons (Fsp3) is 0.889. The first-order valence-electron chi connectivity index (χ1n) is 9.12. The van der Waals surface area contributed by atoms with Crippen LogP contribution < -0.4 is 10.6 Å². The monoisotopic (exact) mass is 394 g/mol. The fourth-order valence-corrected chi connectivity index (χ4v) is 2.64. The molecule has 0 aromatic rings. The number of carbonyl (C=O) groups excluding carboxylic acids is 2. The van der Waals surface area contributed by atoms with Gasteiger partial charge in [0.2, 0.25) is 11.8 Å². The van der Waals surface area contributed by atoms with Crippen molar-refractivity contribution >= 4 is 22.7 Å². The fourth-order valence-electron chi connectivity index (χ4n) is 1.95. The van der Waals surface area contributed by atoms with Crippen molar-refractivity contribution in [2.45, 2.75) is 27.2 Å². The van der Waals surface area contributed by atoms with Crippen molar-refractivity contribution in [2.24, 2.45) is 5.41 Å². The van der Waals surface area contributed by atoms with Gasteiger partial charge in [0.15, 0.2) is 0 Å². The van der Waals surface area contributed by atoms with Crippen LogP contribution in [0.3, 0.4) is 0 Å². The van der Waals surface area contributed by atoms with Crippen LogP contribution in [0.25, 0.3) is 0 Å². The Balaban J connectivity index is 3.25. The summed E-state index contributed by atoms with van der Waals surface area (Å²) in [6.45, 7) is 10.1. The Morgan fingerprint density at radius 3 is 1.62 bits per heavy atom. The molecule has 0 spiro atoms. The van der Waals surface area contributed by atoms with E-state index in [0.29, 0.717) is 64.9 Å². The molecule has 2 N–H and O–H groups in total. The summed E-state index contributed by atoms with van der Waals surface area (Å²) in [6.07, 6.45) is 4.67. The van der Waals surface area contributed by atoms with Crippen molar-refractivity contribution in [3.8, 4) is 0 Å². The van der Waals surface area contributed by atoms with Gasteiger partial charge in [-0.2, -0.15) is 0 Å². The lowest BCUT2D eigenvalue weighted by Gasteiger charge is -2.17. The van der Waals surface area contributed by atoms with E-state index in [4.69, 9.17) is 14.2 Å². The third kappa shape index (κ3) is 19.5. The predicted molar refractivity (Wildman–Crippen MR) is 108 cm³/mol. The van der Waals surface area contributed by atoms with Gasteiger partial charge in [0, 0.05) is 19.5 Å². The topological polar surface area (TPSA) is 85.9 Å². The average molecular weight is 395 g/mol. The van der Waals surface area contributed by atoms with Gasteiger partial charge >= 0.3 is 0 Å². The van der Waals surface area contributed by atoms with E-state index < -0.39 is 0 Å². The molecule has 0 heterocycles. The maximum atomic E-state index is 11.6. The van der Waals surface area contributed by atoms with Crippen LogP contribution in [0.5, 0.6) is 0 Å². The summed E-state index contributed by atoms with van der Waals surface area (Å²) in [6, 6.07) is 0. The smallest absolute Gasteiger partial charge is 0.228 e. The maximum absolute atomic E-state index is 11.6. The summed E-state index contributed by atoms with van der Waals surface area (Å²) in [5.74, 6) is 0.752. The Morgan fingerprint density at radius 1 is 0.769 bits per heavy atom. The van der Waals surface area contributed by atoms with Gasteiger partial charge in [-0.1, -0.05) is 20.8 Å². The molecule has 0 saturated carbocycles. The molecule has 0 unspecified atom stereocenters. The lowest BCUT2D eigenvalue weighted by atomic mass is 9.92. The zero-order valence-corrected chi connectivity index (χ0v) is 18.0. The molecule has 0 saturated heterocycles. The van der Waals surface area contributed by atoms with Crippen molar-refractivity contribution in [1.29, 1.82) is 0 Å². The molecule has 0 aromatic heterocycles. The van der Waals surface area contributed by atoms with E-state index in [1.54, 1.807) is 0 Å². The van der Waals surface area contributed by atoms with Gasteiger partial charge in [0.1, 0.15) is 0 Å². The normalized spacial score (nSPS) is 12.0. The van der Waals surface area contributed by atoms with Crippen LogP contribution in [-0.4, -0.2) is 82.8 Å². The number of hydrogen-bond acceptors (Lipinski definition) is 5.